The number of alkyl halides is 5. The molecule has 0 amide bonds. The number of rotatable bonds is 1. The predicted molar refractivity (Wildman–Crippen MR) is 46.9 cm³/mol. The van der Waals surface area contributed by atoms with E-state index in [0.717, 1.165) is 0 Å². The summed E-state index contributed by atoms with van der Waals surface area (Å²) in [5.41, 5.74) is -2.23. The van der Waals surface area contributed by atoms with Crippen molar-refractivity contribution in [2.24, 2.45) is 0 Å². The summed E-state index contributed by atoms with van der Waals surface area (Å²) in [7, 11) is 0. The molecule has 15 heavy (non-hydrogen) atoms. The van der Waals surface area contributed by atoms with Crippen LogP contribution in [0.15, 0.2) is 10.7 Å². The first-order chi connectivity index (χ1) is 6.75. The third-order valence-electron chi connectivity index (χ3n) is 1.53. The minimum absolute atomic E-state index is 0.401. The summed E-state index contributed by atoms with van der Waals surface area (Å²) in [6.45, 7) is 0. The molecule has 0 atom stereocenters. The van der Waals surface area contributed by atoms with Crippen molar-refractivity contribution in [2.75, 3.05) is 0 Å². The maximum atomic E-state index is 12.3. The summed E-state index contributed by atoms with van der Waals surface area (Å²) >= 11 is 7.70. The van der Waals surface area contributed by atoms with E-state index in [0.29, 0.717) is 6.20 Å². The fourth-order valence-corrected chi connectivity index (χ4v) is 1.89. The van der Waals surface area contributed by atoms with Crippen molar-refractivity contribution in [1.29, 1.82) is 0 Å². The molecule has 0 spiro atoms. The van der Waals surface area contributed by atoms with Gasteiger partial charge in [-0.1, -0.05) is 11.6 Å². The van der Waals surface area contributed by atoms with Crippen LogP contribution in [0.4, 0.5) is 22.0 Å². The molecule has 0 aromatic carbocycles. The largest absolute Gasteiger partial charge is 0.418 e. The summed E-state index contributed by atoms with van der Waals surface area (Å²) < 4.78 is 60.7. The lowest BCUT2D eigenvalue weighted by atomic mass is 10.2. The summed E-state index contributed by atoms with van der Waals surface area (Å²) in [6, 6.07) is 0. The van der Waals surface area contributed by atoms with Crippen molar-refractivity contribution < 1.29 is 22.0 Å². The van der Waals surface area contributed by atoms with E-state index in [1.807, 2.05) is 0 Å². The molecule has 0 bridgehead atoms. The van der Waals surface area contributed by atoms with E-state index in [1.165, 1.54) is 0 Å². The Hall–Kier alpha value is -0.430. The molecule has 1 heterocycles. The lowest BCUT2D eigenvalue weighted by Gasteiger charge is -2.12. The first kappa shape index (κ1) is 12.6. The van der Waals surface area contributed by atoms with Crippen LogP contribution in [0.2, 0.25) is 5.15 Å². The topological polar surface area (TPSA) is 12.9 Å². The average Bonchev–Trinajstić information content (AvgIpc) is 2.00. The maximum Gasteiger partial charge on any atom is 0.418 e. The minimum atomic E-state index is -4.75. The zero-order valence-corrected chi connectivity index (χ0v) is 9.09. The molecule has 8 heteroatoms. The second-order valence-electron chi connectivity index (χ2n) is 2.49. The minimum Gasteiger partial charge on any atom is -0.243 e. The van der Waals surface area contributed by atoms with Crippen molar-refractivity contribution in [3.8, 4) is 0 Å². The highest BCUT2D eigenvalue weighted by atomic mass is 79.9. The van der Waals surface area contributed by atoms with Crippen molar-refractivity contribution in [2.45, 2.75) is 12.6 Å². The lowest BCUT2D eigenvalue weighted by Crippen LogP contribution is -2.09. The molecule has 0 radical (unpaired) electrons. The van der Waals surface area contributed by atoms with Crippen LogP contribution in [0.3, 0.4) is 0 Å². The number of halogens is 7. The fourth-order valence-electron chi connectivity index (χ4n) is 0.867. The number of aromatic nitrogens is 1. The molecular formula is C7H2BrClF5N. The van der Waals surface area contributed by atoms with E-state index < -0.39 is 33.4 Å². The number of hydrogen-bond donors (Lipinski definition) is 0. The molecule has 1 rings (SSSR count). The van der Waals surface area contributed by atoms with Gasteiger partial charge in [-0.3, -0.25) is 0 Å². The Kier molecular flexibility index (Phi) is 3.55. The van der Waals surface area contributed by atoms with Crippen molar-refractivity contribution in [3.63, 3.8) is 0 Å². The van der Waals surface area contributed by atoms with Gasteiger partial charge in [0.05, 0.1) is 11.1 Å². The smallest absolute Gasteiger partial charge is 0.243 e. The van der Waals surface area contributed by atoms with Crippen LogP contribution in [0.25, 0.3) is 0 Å². The van der Waals surface area contributed by atoms with Gasteiger partial charge >= 0.3 is 6.18 Å². The van der Waals surface area contributed by atoms with E-state index in [-0.39, 0.29) is 0 Å². The van der Waals surface area contributed by atoms with Crippen molar-refractivity contribution >= 4 is 27.5 Å². The van der Waals surface area contributed by atoms with Crippen LogP contribution in [0.5, 0.6) is 0 Å². The molecule has 0 aliphatic heterocycles. The highest BCUT2D eigenvalue weighted by Gasteiger charge is 2.36. The Labute approximate surface area is 94.4 Å². The van der Waals surface area contributed by atoms with Gasteiger partial charge in [0.1, 0.15) is 5.15 Å². The van der Waals surface area contributed by atoms with Gasteiger partial charge in [0.15, 0.2) is 0 Å². The first-order valence-electron chi connectivity index (χ1n) is 3.44. The molecule has 84 valence electrons. The third kappa shape index (κ3) is 2.57. The summed E-state index contributed by atoms with van der Waals surface area (Å²) in [6.07, 6.45) is -7.47. The van der Waals surface area contributed by atoms with Gasteiger partial charge in [0, 0.05) is 10.7 Å². The molecular weight excluding hydrogens is 308 g/mol. The third-order valence-corrected chi connectivity index (χ3v) is 2.68. The van der Waals surface area contributed by atoms with E-state index >= 15 is 0 Å². The Balaban J connectivity index is 3.42. The molecule has 0 aliphatic carbocycles. The number of hydrogen-bond acceptors (Lipinski definition) is 1. The molecule has 0 saturated carbocycles. The van der Waals surface area contributed by atoms with Crippen LogP contribution >= 0.6 is 27.5 Å². The van der Waals surface area contributed by atoms with Gasteiger partial charge in [0.25, 0.3) is 6.43 Å². The van der Waals surface area contributed by atoms with Crippen molar-refractivity contribution in [3.05, 3.63) is 26.9 Å². The van der Waals surface area contributed by atoms with E-state index in [1.54, 1.807) is 0 Å². The van der Waals surface area contributed by atoms with Crippen LogP contribution < -0.4 is 0 Å². The standard InChI is InChI=1S/C7H2BrClF5N/c8-4-2(7(12,13)14)1-15-5(9)3(4)6(10)11/h1,6H. The SMILES string of the molecule is FC(F)c1c(Cl)ncc(C(F)(F)F)c1Br. The van der Waals surface area contributed by atoms with Crippen molar-refractivity contribution in [1.82, 2.24) is 4.98 Å². The normalized spacial score (nSPS) is 12.3. The predicted octanol–water partition coefficient (Wildman–Crippen LogP) is 4.45. The van der Waals surface area contributed by atoms with E-state index in [4.69, 9.17) is 11.6 Å². The van der Waals surface area contributed by atoms with Gasteiger partial charge in [0.2, 0.25) is 0 Å². The molecule has 1 aromatic heterocycles. The Morgan fingerprint density at radius 1 is 1.33 bits per heavy atom. The van der Waals surface area contributed by atoms with Gasteiger partial charge in [-0.05, 0) is 15.9 Å². The van der Waals surface area contributed by atoms with Gasteiger partial charge in [-0.25, -0.2) is 13.8 Å². The highest BCUT2D eigenvalue weighted by molar-refractivity contribution is 9.10. The second kappa shape index (κ2) is 4.21. The Morgan fingerprint density at radius 2 is 1.87 bits per heavy atom. The van der Waals surface area contributed by atoms with E-state index in [9.17, 15) is 22.0 Å². The van der Waals surface area contributed by atoms with Gasteiger partial charge in [-0.2, -0.15) is 13.2 Å². The van der Waals surface area contributed by atoms with E-state index in [2.05, 4.69) is 20.9 Å². The molecule has 1 aromatic rings. The highest BCUT2D eigenvalue weighted by Crippen LogP contribution is 2.41. The lowest BCUT2D eigenvalue weighted by molar-refractivity contribution is -0.138. The molecule has 1 nitrogen and oxygen atoms in total. The van der Waals surface area contributed by atoms with Crippen LogP contribution in [-0.2, 0) is 6.18 Å². The fraction of sp³-hybridized carbons (Fsp3) is 0.286. The molecule has 0 unspecified atom stereocenters. The number of nitrogens with zero attached hydrogens (tertiary/aromatic N) is 1. The Morgan fingerprint density at radius 3 is 2.27 bits per heavy atom. The zero-order valence-electron chi connectivity index (χ0n) is 6.75. The van der Waals surface area contributed by atoms with Crippen LogP contribution in [0, 0.1) is 0 Å². The molecule has 0 N–H and O–H groups in total. The summed E-state index contributed by atoms with van der Waals surface area (Å²) in [4.78, 5) is 3.06. The monoisotopic (exact) mass is 309 g/mol. The summed E-state index contributed by atoms with van der Waals surface area (Å²) in [5, 5.41) is -0.648. The summed E-state index contributed by atoms with van der Waals surface area (Å²) in [5.74, 6) is 0. The van der Waals surface area contributed by atoms with Gasteiger partial charge < -0.3 is 0 Å². The van der Waals surface area contributed by atoms with Gasteiger partial charge in [-0.15, -0.1) is 0 Å². The zero-order chi connectivity index (χ0) is 11.8. The number of pyridine rings is 1. The Bertz CT molecular complexity index is 378. The molecule has 0 aliphatic rings. The van der Waals surface area contributed by atoms with Crippen LogP contribution in [-0.4, -0.2) is 4.98 Å². The second-order valence-corrected chi connectivity index (χ2v) is 3.64. The quantitative estimate of drug-likeness (QED) is 0.551. The van der Waals surface area contributed by atoms with Crippen LogP contribution in [0.1, 0.15) is 17.6 Å². The maximum absolute atomic E-state index is 12.3. The first-order valence-corrected chi connectivity index (χ1v) is 4.61. The average molecular weight is 310 g/mol. The molecule has 0 fully saturated rings. The molecule has 0 saturated heterocycles.